The Labute approximate surface area is 109 Å². The molecule has 1 aliphatic heterocycles. The monoisotopic (exact) mass is 250 g/mol. The van der Waals surface area contributed by atoms with Crippen LogP contribution in [0.25, 0.3) is 0 Å². The Morgan fingerprint density at radius 2 is 2.22 bits per heavy atom. The number of halogens is 1. The quantitative estimate of drug-likeness (QED) is 0.882. The van der Waals surface area contributed by atoms with Crippen molar-refractivity contribution in [3.05, 3.63) is 29.6 Å². The molecule has 1 aliphatic rings. The summed E-state index contributed by atoms with van der Waals surface area (Å²) in [7, 11) is 1.90. The number of nitrogens with zero attached hydrogens (tertiary/aromatic N) is 1. The summed E-state index contributed by atoms with van der Waals surface area (Å²) in [6.07, 6.45) is 4.71. The molecular formula is C15H23FN2. The van der Waals surface area contributed by atoms with Gasteiger partial charge in [-0.2, -0.15) is 0 Å². The van der Waals surface area contributed by atoms with Crippen LogP contribution in [0, 0.1) is 5.82 Å². The lowest BCUT2D eigenvalue weighted by molar-refractivity contribution is 0.441. The highest BCUT2D eigenvalue weighted by Crippen LogP contribution is 2.31. The first-order chi connectivity index (χ1) is 8.77. The Kier molecular flexibility index (Phi) is 4.59. The average Bonchev–Trinajstić information content (AvgIpc) is 2.39. The summed E-state index contributed by atoms with van der Waals surface area (Å²) in [6, 6.07) is 5.90. The highest BCUT2D eigenvalue weighted by molar-refractivity contribution is 5.56. The molecule has 2 rings (SSSR count). The van der Waals surface area contributed by atoms with Gasteiger partial charge in [0, 0.05) is 19.1 Å². The van der Waals surface area contributed by atoms with Gasteiger partial charge in [0.15, 0.2) is 0 Å². The maximum atomic E-state index is 14.2. The third-order valence-corrected chi connectivity index (χ3v) is 3.82. The van der Waals surface area contributed by atoms with E-state index >= 15 is 0 Å². The molecule has 1 unspecified atom stereocenters. The summed E-state index contributed by atoms with van der Waals surface area (Å²) in [6.45, 7) is 3.90. The summed E-state index contributed by atoms with van der Waals surface area (Å²) in [5, 5.41) is 3.13. The Hall–Kier alpha value is -1.09. The van der Waals surface area contributed by atoms with Crippen LogP contribution in [0.5, 0.6) is 0 Å². The van der Waals surface area contributed by atoms with Crippen molar-refractivity contribution in [3.63, 3.8) is 0 Å². The predicted molar refractivity (Wildman–Crippen MR) is 74.4 cm³/mol. The molecule has 0 aliphatic carbocycles. The van der Waals surface area contributed by atoms with Crippen molar-refractivity contribution >= 4 is 5.69 Å². The van der Waals surface area contributed by atoms with E-state index in [0.717, 1.165) is 30.8 Å². The smallest absolute Gasteiger partial charge is 0.146 e. The fourth-order valence-corrected chi connectivity index (χ4v) is 2.93. The number of hydrogen-bond acceptors (Lipinski definition) is 2. The lowest BCUT2D eigenvalue weighted by atomic mass is 9.97. The molecule has 0 spiro atoms. The van der Waals surface area contributed by atoms with Crippen LogP contribution in [0.1, 0.15) is 38.2 Å². The van der Waals surface area contributed by atoms with Crippen molar-refractivity contribution in [1.29, 1.82) is 0 Å². The van der Waals surface area contributed by atoms with Gasteiger partial charge in [0.1, 0.15) is 5.82 Å². The van der Waals surface area contributed by atoms with Crippen LogP contribution >= 0.6 is 0 Å². The van der Waals surface area contributed by atoms with Crippen molar-refractivity contribution < 1.29 is 4.39 Å². The topological polar surface area (TPSA) is 15.3 Å². The fraction of sp³-hybridized carbons (Fsp3) is 0.600. The van der Waals surface area contributed by atoms with Gasteiger partial charge in [0.05, 0.1) is 5.69 Å². The van der Waals surface area contributed by atoms with Gasteiger partial charge in [-0.15, -0.1) is 0 Å². The van der Waals surface area contributed by atoms with E-state index in [1.807, 2.05) is 13.1 Å². The van der Waals surface area contributed by atoms with Gasteiger partial charge in [0.25, 0.3) is 0 Å². The maximum absolute atomic E-state index is 14.2. The molecule has 1 N–H and O–H groups in total. The molecule has 1 atom stereocenters. The molecule has 1 fully saturated rings. The van der Waals surface area contributed by atoms with E-state index in [1.165, 1.54) is 19.3 Å². The molecule has 0 saturated carbocycles. The second-order valence-electron chi connectivity index (χ2n) is 5.03. The van der Waals surface area contributed by atoms with E-state index in [1.54, 1.807) is 12.1 Å². The Balaban J connectivity index is 2.35. The number of benzene rings is 1. The summed E-state index contributed by atoms with van der Waals surface area (Å²) in [5.74, 6) is -0.0805. The molecular weight excluding hydrogens is 227 g/mol. The Morgan fingerprint density at radius 3 is 2.94 bits per heavy atom. The number of para-hydroxylation sites is 1. The van der Waals surface area contributed by atoms with Crippen LogP contribution in [0.2, 0.25) is 0 Å². The first-order valence-electron chi connectivity index (χ1n) is 6.96. The number of piperidine rings is 1. The van der Waals surface area contributed by atoms with E-state index in [9.17, 15) is 4.39 Å². The third kappa shape index (κ3) is 2.66. The lowest BCUT2D eigenvalue weighted by Gasteiger charge is -2.38. The van der Waals surface area contributed by atoms with Crippen LogP contribution in [0.3, 0.4) is 0 Å². The fourth-order valence-electron chi connectivity index (χ4n) is 2.93. The molecule has 2 nitrogen and oxygen atoms in total. The van der Waals surface area contributed by atoms with E-state index < -0.39 is 0 Å². The molecule has 18 heavy (non-hydrogen) atoms. The lowest BCUT2D eigenvalue weighted by Crippen LogP contribution is -2.40. The minimum Gasteiger partial charge on any atom is -0.366 e. The average molecular weight is 250 g/mol. The normalized spacial score (nSPS) is 20.2. The Bertz CT molecular complexity index is 392. The molecule has 0 amide bonds. The van der Waals surface area contributed by atoms with Crippen LogP contribution < -0.4 is 10.2 Å². The standard InChI is InChI=1S/C15H23FN2/c1-3-13-8-4-5-10-18(13)15-12(11-17-2)7-6-9-14(15)16/h6-7,9,13,17H,3-5,8,10-11H2,1-2H3. The molecule has 3 heteroatoms. The minimum absolute atomic E-state index is 0.0805. The predicted octanol–water partition coefficient (Wildman–Crippen LogP) is 3.31. The van der Waals surface area contributed by atoms with Crippen LogP contribution in [-0.4, -0.2) is 19.6 Å². The van der Waals surface area contributed by atoms with Crippen molar-refractivity contribution in [3.8, 4) is 0 Å². The zero-order valence-electron chi connectivity index (χ0n) is 11.4. The van der Waals surface area contributed by atoms with Gasteiger partial charge in [-0.25, -0.2) is 4.39 Å². The molecule has 1 aromatic carbocycles. The van der Waals surface area contributed by atoms with Crippen molar-refractivity contribution in [2.24, 2.45) is 0 Å². The van der Waals surface area contributed by atoms with Crippen molar-refractivity contribution in [2.75, 3.05) is 18.5 Å². The second kappa shape index (κ2) is 6.19. The number of nitrogens with one attached hydrogen (secondary N) is 1. The van der Waals surface area contributed by atoms with Gasteiger partial charge in [-0.1, -0.05) is 19.1 Å². The van der Waals surface area contributed by atoms with Crippen LogP contribution in [0.4, 0.5) is 10.1 Å². The largest absolute Gasteiger partial charge is 0.366 e. The minimum atomic E-state index is -0.0805. The number of anilines is 1. The summed E-state index contributed by atoms with van der Waals surface area (Å²) >= 11 is 0. The molecule has 0 bridgehead atoms. The number of hydrogen-bond donors (Lipinski definition) is 1. The van der Waals surface area contributed by atoms with Gasteiger partial charge in [0.2, 0.25) is 0 Å². The van der Waals surface area contributed by atoms with Crippen LogP contribution in [-0.2, 0) is 6.54 Å². The van der Waals surface area contributed by atoms with Crippen molar-refractivity contribution in [1.82, 2.24) is 5.32 Å². The SMILES string of the molecule is CCC1CCCCN1c1c(F)cccc1CNC. The van der Waals surface area contributed by atoms with Crippen LogP contribution in [0.15, 0.2) is 18.2 Å². The zero-order chi connectivity index (χ0) is 13.0. The van der Waals surface area contributed by atoms with E-state index in [4.69, 9.17) is 0 Å². The van der Waals surface area contributed by atoms with Gasteiger partial charge in [-0.05, 0) is 44.4 Å². The second-order valence-corrected chi connectivity index (χ2v) is 5.03. The van der Waals surface area contributed by atoms with E-state index in [0.29, 0.717) is 6.04 Å². The first kappa shape index (κ1) is 13.3. The maximum Gasteiger partial charge on any atom is 0.146 e. The zero-order valence-corrected chi connectivity index (χ0v) is 11.4. The summed E-state index contributed by atoms with van der Waals surface area (Å²) in [4.78, 5) is 2.28. The molecule has 1 saturated heterocycles. The highest BCUT2D eigenvalue weighted by Gasteiger charge is 2.25. The number of rotatable bonds is 4. The van der Waals surface area contributed by atoms with E-state index in [-0.39, 0.29) is 5.82 Å². The molecule has 1 aromatic rings. The summed E-state index contributed by atoms with van der Waals surface area (Å²) < 4.78 is 14.2. The van der Waals surface area contributed by atoms with Gasteiger partial charge in [-0.3, -0.25) is 0 Å². The third-order valence-electron chi connectivity index (χ3n) is 3.82. The molecule has 1 heterocycles. The summed E-state index contributed by atoms with van der Waals surface area (Å²) in [5.41, 5.74) is 1.89. The molecule has 0 aromatic heterocycles. The van der Waals surface area contributed by atoms with Gasteiger partial charge >= 0.3 is 0 Å². The molecule has 100 valence electrons. The van der Waals surface area contributed by atoms with Crippen molar-refractivity contribution in [2.45, 2.75) is 45.2 Å². The van der Waals surface area contributed by atoms with Gasteiger partial charge < -0.3 is 10.2 Å². The Morgan fingerprint density at radius 1 is 1.39 bits per heavy atom. The first-order valence-corrected chi connectivity index (χ1v) is 6.96. The molecule has 0 radical (unpaired) electrons. The van der Waals surface area contributed by atoms with E-state index in [2.05, 4.69) is 17.1 Å². The highest BCUT2D eigenvalue weighted by atomic mass is 19.1.